The molecule has 1 aliphatic rings. The molecule has 0 unspecified atom stereocenters. The Morgan fingerprint density at radius 1 is 1.58 bits per heavy atom. The van der Waals surface area contributed by atoms with Crippen molar-refractivity contribution in [1.82, 2.24) is 10.3 Å². The van der Waals surface area contributed by atoms with Gasteiger partial charge in [-0.2, -0.15) is 0 Å². The zero-order chi connectivity index (χ0) is 13.7. The first-order valence-electron chi connectivity index (χ1n) is 6.65. The zero-order valence-corrected chi connectivity index (χ0v) is 11.2. The Bertz CT molecular complexity index is 411. The van der Waals surface area contributed by atoms with Crippen LogP contribution in [0.2, 0.25) is 0 Å². The molecule has 0 saturated carbocycles. The van der Waals surface area contributed by atoms with Gasteiger partial charge in [-0.25, -0.2) is 5.84 Å². The van der Waals surface area contributed by atoms with Gasteiger partial charge < -0.3 is 9.15 Å². The molecule has 6 heteroatoms. The van der Waals surface area contributed by atoms with Crippen LogP contribution in [0.25, 0.3) is 0 Å². The van der Waals surface area contributed by atoms with Gasteiger partial charge in [0.1, 0.15) is 0 Å². The molecular formula is C13H21N3O3. The minimum atomic E-state index is -0.385. The number of nitrogens with zero attached hydrogens (tertiary/aromatic N) is 1. The average Bonchev–Trinajstić information content (AvgIpc) is 2.88. The predicted molar refractivity (Wildman–Crippen MR) is 70.3 cm³/mol. The maximum atomic E-state index is 11.5. The second-order valence-corrected chi connectivity index (χ2v) is 4.68. The third-order valence-electron chi connectivity index (χ3n) is 3.42. The van der Waals surface area contributed by atoms with Crippen molar-refractivity contribution in [2.45, 2.75) is 32.4 Å². The van der Waals surface area contributed by atoms with Crippen molar-refractivity contribution in [3.05, 3.63) is 23.7 Å². The second kappa shape index (κ2) is 6.70. The van der Waals surface area contributed by atoms with Gasteiger partial charge in [0.25, 0.3) is 0 Å². The summed E-state index contributed by atoms with van der Waals surface area (Å²) in [5, 5.41) is 0. The monoisotopic (exact) mass is 267 g/mol. The first kappa shape index (κ1) is 14.0. The van der Waals surface area contributed by atoms with Crippen LogP contribution in [0.15, 0.2) is 16.7 Å². The molecule has 0 aliphatic carbocycles. The van der Waals surface area contributed by atoms with E-state index in [-0.39, 0.29) is 5.91 Å². The number of carbonyl (C=O) groups excluding carboxylic acids is 1. The second-order valence-electron chi connectivity index (χ2n) is 4.68. The van der Waals surface area contributed by atoms with E-state index in [0.29, 0.717) is 18.4 Å². The van der Waals surface area contributed by atoms with Crippen LogP contribution in [0.3, 0.4) is 0 Å². The fourth-order valence-corrected chi connectivity index (χ4v) is 2.44. The Kier molecular flexibility index (Phi) is 4.95. The van der Waals surface area contributed by atoms with Crippen LogP contribution in [0.1, 0.15) is 35.9 Å². The largest absolute Gasteiger partial charge is 0.459 e. The van der Waals surface area contributed by atoms with Crippen molar-refractivity contribution >= 4 is 5.91 Å². The van der Waals surface area contributed by atoms with E-state index in [1.54, 1.807) is 0 Å². The third kappa shape index (κ3) is 3.56. The van der Waals surface area contributed by atoms with Crippen LogP contribution >= 0.6 is 0 Å². The molecule has 0 radical (unpaired) electrons. The van der Waals surface area contributed by atoms with Gasteiger partial charge >= 0.3 is 5.91 Å². The van der Waals surface area contributed by atoms with E-state index in [9.17, 15) is 4.79 Å². The minimum absolute atomic E-state index is 0.300. The number of likely N-dealkylation sites (tertiary alicyclic amines) is 1. The number of rotatable bonds is 5. The number of hydrogen-bond donors (Lipinski definition) is 2. The quantitative estimate of drug-likeness (QED) is 0.470. The van der Waals surface area contributed by atoms with E-state index >= 15 is 0 Å². The van der Waals surface area contributed by atoms with Crippen molar-refractivity contribution in [2.24, 2.45) is 5.84 Å². The van der Waals surface area contributed by atoms with Crippen LogP contribution < -0.4 is 11.3 Å². The lowest BCUT2D eigenvalue weighted by molar-refractivity contribution is 0.0124. The van der Waals surface area contributed by atoms with E-state index in [0.717, 1.165) is 38.1 Å². The van der Waals surface area contributed by atoms with Crippen LogP contribution in [0, 0.1) is 0 Å². The van der Waals surface area contributed by atoms with E-state index in [4.69, 9.17) is 15.0 Å². The van der Waals surface area contributed by atoms with E-state index in [1.165, 1.54) is 6.26 Å². The number of hydrazine groups is 1. The molecule has 1 fully saturated rings. The molecule has 0 spiro atoms. The topological polar surface area (TPSA) is 80.7 Å². The lowest BCUT2D eigenvalue weighted by atomic mass is 10.1. The number of ether oxygens (including phenoxy) is 1. The zero-order valence-electron chi connectivity index (χ0n) is 11.2. The van der Waals surface area contributed by atoms with Crippen molar-refractivity contribution in [1.29, 1.82) is 0 Å². The summed E-state index contributed by atoms with van der Waals surface area (Å²) >= 11 is 0. The lowest BCUT2D eigenvalue weighted by Gasteiger charge is -2.31. The first-order valence-corrected chi connectivity index (χ1v) is 6.65. The molecule has 1 aliphatic heterocycles. The fourth-order valence-electron chi connectivity index (χ4n) is 2.44. The number of furan rings is 1. The number of nitrogens with one attached hydrogen (secondary N) is 1. The summed E-state index contributed by atoms with van der Waals surface area (Å²) in [5.41, 5.74) is 2.97. The summed E-state index contributed by atoms with van der Waals surface area (Å²) in [4.78, 5) is 13.8. The number of piperidine rings is 1. The number of nitrogen functional groups attached to an aromatic ring is 1. The summed E-state index contributed by atoms with van der Waals surface area (Å²) in [6.07, 6.45) is 3.96. The highest BCUT2D eigenvalue weighted by atomic mass is 16.5. The molecule has 2 rings (SSSR count). The van der Waals surface area contributed by atoms with Crippen molar-refractivity contribution in [3.8, 4) is 0 Å². The van der Waals surface area contributed by atoms with Gasteiger partial charge in [0.2, 0.25) is 0 Å². The van der Waals surface area contributed by atoms with Crippen molar-refractivity contribution in [2.75, 3.05) is 19.7 Å². The minimum Gasteiger partial charge on any atom is -0.459 e. The van der Waals surface area contributed by atoms with Crippen molar-refractivity contribution in [3.63, 3.8) is 0 Å². The van der Waals surface area contributed by atoms with E-state index in [2.05, 4.69) is 10.3 Å². The molecule has 1 aromatic rings. The molecule has 3 N–H and O–H groups in total. The predicted octanol–water partition coefficient (Wildman–Crippen LogP) is 0.884. The molecule has 1 aromatic heterocycles. The summed E-state index contributed by atoms with van der Waals surface area (Å²) in [6, 6.07) is 1.82. The standard InChI is InChI=1S/C13H21N3O3/c1-2-18-11-3-6-16(7-4-11)9-10-5-8-19-12(10)13(17)15-14/h5,8,11H,2-4,6-7,9,14H2,1H3,(H,15,17). The molecule has 106 valence electrons. The lowest BCUT2D eigenvalue weighted by Crippen LogP contribution is -2.37. The molecule has 0 aromatic carbocycles. The Labute approximate surface area is 112 Å². The number of carbonyl (C=O) groups is 1. The Morgan fingerprint density at radius 3 is 2.95 bits per heavy atom. The van der Waals surface area contributed by atoms with Crippen LogP contribution in [0.4, 0.5) is 0 Å². The van der Waals surface area contributed by atoms with Gasteiger partial charge in [-0.15, -0.1) is 0 Å². The number of nitrogens with two attached hydrogens (primary N) is 1. The molecule has 2 heterocycles. The third-order valence-corrected chi connectivity index (χ3v) is 3.42. The van der Waals surface area contributed by atoms with Gasteiger partial charge in [-0.05, 0) is 25.8 Å². The highest BCUT2D eigenvalue weighted by Gasteiger charge is 2.22. The van der Waals surface area contributed by atoms with Crippen LogP contribution in [0.5, 0.6) is 0 Å². The molecule has 0 bridgehead atoms. The van der Waals surface area contributed by atoms with Crippen LogP contribution in [-0.2, 0) is 11.3 Å². The Morgan fingerprint density at radius 2 is 2.32 bits per heavy atom. The van der Waals surface area contributed by atoms with E-state index in [1.807, 2.05) is 13.0 Å². The molecule has 6 nitrogen and oxygen atoms in total. The summed E-state index contributed by atoms with van der Waals surface area (Å²) in [7, 11) is 0. The molecule has 0 atom stereocenters. The Balaban J connectivity index is 1.89. The van der Waals surface area contributed by atoms with Gasteiger partial charge in [0, 0.05) is 31.8 Å². The summed E-state index contributed by atoms with van der Waals surface area (Å²) < 4.78 is 10.8. The molecular weight excluding hydrogens is 246 g/mol. The maximum absolute atomic E-state index is 11.5. The number of amides is 1. The Hall–Kier alpha value is -1.37. The average molecular weight is 267 g/mol. The van der Waals surface area contributed by atoms with E-state index < -0.39 is 0 Å². The van der Waals surface area contributed by atoms with Gasteiger partial charge in [-0.3, -0.25) is 15.1 Å². The maximum Gasteiger partial charge on any atom is 0.301 e. The summed E-state index contributed by atoms with van der Waals surface area (Å²) in [5.74, 6) is 5.04. The SMILES string of the molecule is CCOC1CCN(Cc2ccoc2C(=O)NN)CC1. The van der Waals surface area contributed by atoms with Gasteiger partial charge in [0.15, 0.2) is 5.76 Å². The molecule has 1 amide bonds. The smallest absolute Gasteiger partial charge is 0.301 e. The highest BCUT2D eigenvalue weighted by molar-refractivity contribution is 5.92. The molecule has 1 saturated heterocycles. The van der Waals surface area contributed by atoms with Crippen molar-refractivity contribution < 1.29 is 13.9 Å². The fraction of sp³-hybridized carbons (Fsp3) is 0.615. The molecule has 19 heavy (non-hydrogen) atoms. The number of hydrogen-bond acceptors (Lipinski definition) is 5. The van der Waals surface area contributed by atoms with Crippen LogP contribution in [-0.4, -0.2) is 36.6 Å². The summed E-state index contributed by atoms with van der Waals surface area (Å²) in [6.45, 7) is 5.44. The first-order chi connectivity index (χ1) is 9.24. The highest BCUT2D eigenvalue weighted by Crippen LogP contribution is 2.18. The van der Waals surface area contributed by atoms with Gasteiger partial charge in [-0.1, -0.05) is 0 Å². The normalized spacial score (nSPS) is 17.6. The van der Waals surface area contributed by atoms with Gasteiger partial charge in [0.05, 0.1) is 12.4 Å².